The van der Waals surface area contributed by atoms with Crippen LogP contribution in [0.3, 0.4) is 0 Å². The van der Waals surface area contributed by atoms with E-state index in [1.165, 1.54) is 0 Å². The second kappa shape index (κ2) is 9.26. The zero-order valence-electron chi connectivity index (χ0n) is 13.4. The highest BCUT2D eigenvalue weighted by molar-refractivity contribution is 5.87. The minimum Gasteiger partial charge on any atom is -0.346 e. The Kier molecular flexibility index (Phi) is 7.64. The topological polar surface area (TPSA) is 48.5 Å². The number of carbonyl (C=O) groups is 1. The van der Waals surface area contributed by atoms with Gasteiger partial charge in [-0.3, -0.25) is 9.78 Å². The molecule has 116 valence electrons. The smallest absolute Gasteiger partial charge is 0.244 e. The summed E-state index contributed by atoms with van der Waals surface area (Å²) in [6.45, 7) is 1.66. The maximum atomic E-state index is 12.0. The molecule has 1 rings (SSSR count). The number of amides is 1. The predicted octanol–water partition coefficient (Wildman–Crippen LogP) is 1.31. The zero-order chi connectivity index (χ0) is 15.7. The van der Waals surface area contributed by atoms with Gasteiger partial charge in [0.05, 0.1) is 6.04 Å². The lowest BCUT2D eigenvalue weighted by Gasteiger charge is -2.20. The Balaban J connectivity index is 2.64. The number of hydrogen-bond acceptors (Lipinski definition) is 4. The predicted molar refractivity (Wildman–Crippen MR) is 86.0 cm³/mol. The second-order valence-electron chi connectivity index (χ2n) is 5.60. The summed E-state index contributed by atoms with van der Waals surface area (Å²) in [7, 11) is 7.99. The third-order valence-corrected chi connectivity index (χ3v) is 3.01. The molecule has 1 aromatic rings. The Hall–Kier alpha value is -1.72. The summed E-state index contributed by atoms with van der Waals surface area (Å²) in [5.41, 5.74) is 1.04. The number of hydrogen-bond donors (Lipinski definition) is 1. The molecule has 0 radical (unpaired) electrons. The molecular formula is C16H26N4O. The molecule has 1 aromatic heterocycles. The van der Waals surface area contributed by atoms with Gasteiger partial charge in [0.1, 0.15) is 0 Å². The molecule has 0 aromatic carbocycles. The Morgan fingerprint density at radius 3 is 2.67 bits per heavy atom. The first kappa shape index (κ1) is 17.3. The number of pyridine rings is 1. The summed E-state index contributed by atoms with van der Waals surface area (Å²) in [6, 6.07) is 3.88. The molecule has 5 heteroatoms. The molecule has 0 fully saturated rings. The number of aromatic nitrogens is 1. The van der Waals surface area contributed by atoms with Crippen molar-refractivity contribution < 1.29 is 4.79 Å². The first-order valence-electron chi connectivity index (χ1n) is 7.15. The number of rotatable bonds is 8. The molecule has 0 aliphatic heterocycles. The maximum absolute atomic E-state index is 12.0. The van der Waals surface area contributed by atoms with Crippen LogP contribution in [0.5, 0.6) is 0 Å². The summed E-state index contributed by atoms with van der Waals surface area (Å²) in [5, 5.41) is 3.05. The van der Waals surface area contributed by atoms with E-state index in [0.717, 1.165) is 25.1 Å². The highest BCUT2D eigenvalue weighted by Gasteiger charge is 2.13. The van der Waals surface area contributed by atoms with Crippen LogP contribution in [-0.4, -0.2) is 62.0 Å². The molecule has 0 saturated heterocycles. The van der Waals surface area contributed by atoms with E-state index in [0.29, 0.717) is 0 Å². The van der Waals surface area contributed by atoms with Crippen molar-refractivity contribution in [2.24, 2.45) is 0 Å². The first-order valence-corrected chi connectivity index (χ1v) is 7.15. The molecular weight excluding hydrogens is 264 g/mol. The SMILES string of the molecule is CN(C)C/C=C/C(=O)NC(CCN(C)C)c1cccnc1. The van der Waals surface area contributed by atoms with E-state index >= 15 is 0 Å². The highest BCUT2D eigenvalue weighted by atomic mass is 16.1. The Morgan fingerprint density at radius 1 is 1.33 bits per heavy atom. The van der Waals surface area contributed by atoms with E-state index in [1.54, 1.807) is 12.3 Å². The van der Waals surface area contributed by atoms with Crippen LogP contribution in [0.1, 0.15) is 18.0 Å². The molecule has 1 N–H and O–H groups in total. The van der Waals surface area contributed by atoms with Crippen LogP contribution in [0.15, 0.2) is 36.7 Å². The standard InChI is InChI=1S/C16H26N4O/c1-19(2)11-6-8-16(21)18-15(9-12-20(3)4)14-7-5-10-17-13-14/h5-8,10,13,15H,9,11-12H2,1-4H3,(H,18,21)/b8-6+. The van der Waals surface area contributed by atoms with E-state index < -0.39 is 0 Å². The largest absolute Gasteiger partial charge is 0.346 e. The fourth-order valence-electron chi connectivity index (χ4n) is 1.88. The molecule has 1 amide bonds. The van der Waals surface area contributed by atoms with Gasteiger partial charge in [-0.05, 0) is 52.8 Å². The maximum Gasteiger partial charge on any atom is 0.244 e. The summed E-state index contributed by atoms with van der Waals surface area (Å²) in [5.74, 6) is -0.0653. The minimum absolute atomic E-state index is 0.0161. The monoisotopic (exact) mass is 290 g/mol. The van der Waals surface area contributed by atoms with E-state index in [9.17, 15) is 4.79 Å². The fourth-order valence-corrected chi connectivity index (χ4v) is 1.88. The van der Waals surface area contributed by atoms with E-state index in [-0.39, 0.29) is 11.9 Å². The molecule has 1 unspecified atom stereocenters. The van der Waals surface area contributed by atoms with E-state index in [2.05, 4.69) is 15.2 Å². The fraction of sp³-hybridized carbons (Fsp3) is 0.500. The summed E-state index contributed by atoms with van der Waals surface area (Å²) in [6.07, 6.45) is 7.86. The van der Waals surface area contributed by atoms with E-state index in [4.69, 9.17) is 0 Å². The van der Waals surface area contributed by atoms with Gasteiger partial charge in [-0.2, -0.15) is 0 Å². The van der Waals surface area contributed by atoms with Gasteiger partial charge in [0.25, 0.3) is 0 Å². The van der Waals surface area contributed by atoms with Gasteiger partial charge >= 0.3 is 0 Å². The zero-order valence-corrected chi connectivity index (χ0v) is 13.4. The molecule has 5 nitrogen and oxygen atoms in total. The summed E-state index contributed by atoms with van der Waals surface area (Å²) < 4.78 is 0. The Bertz CT molecular complexity index is 443. The minimum atomic E-state index is -0.0653. The lowest BCUT2D eigenvalue weighted by Crippen LogP contribution is -2.30. The number of nitrogens with zero attached hydrogens (tertiary/aromatic N) is 3. The van der Waals surface area contributed by atoms with E-state index in [1.807, 2.05) is 57.5 Å². The number of carbonyl (C=O) groups excluding carboxylic acids is 1. The Morgan fingerprint density at radius 2 is 2.10 bits per heavy atom. The number of likely N-dealkylation sites (N-methyl/N-ethyl adjacent to an activating group) is 1. The van der Waals surface area contributed by atoms with Gasteiger partial charge in [-0.25, -0.2) is 0 Å². The lowest BCUT2D eigenvalue weighted by atomic mass is 10.1. The third-order valence-electron chi connectivity index (χ3n) is 3.01. The van der Waals surface area contributed by atoms with Gasteiger partial charge < -0.3 is 15.1 Å². The Labute approximate surface area is 127 Å². The van der Waals surface area contributed by atoms with Gasteiger partial charge in [0.15, 0.2) is 0 Å². The van der Waals surface area contributed by atoms with Crippen LogP contribution >= 0.6 is 0 Å². The second-order valence-corrected chi connectivity index (χ2v) is 5.60. The molecule has 0 saturated carbocycles. The van der Waals surface area contributed by atoms with Crippen LogP contribution in [0.25, 0.3) is 0 Å². The molecule has 0 bridgehead atoms. The number of nitrogens with one attached hydrogen (secondary N) is 1. The van der Waals surface area contributed by atoms with Crippen LogP contribution in [0, 0.1) is 0 Å². The van der Waals surface area contributed by atoms with Crippen LogP contribution in [-0.2, 0) is 4.79 Å². The van der Waals surface area contributed by atoms with Gasteiger partial charge in [-0.1, -0.05) is 12.1 Å². The quantitative estimate of drug-likeness (QED) is 0.733. The van der Waals surface area contributed by atoms with Crippen molar-refractivity contribution in [2.45, 2.75) is 12.5 Å². The van der Waals surface area contributed by atoms with Crippen molar-refractivity contribution in [1.82, 2.24) is 20.1 Å². The van der Waals surface area contributed by atoms with Gasteiger partial charge in [0.2, 0.25) is 5.91 Å². The average Bonchev–Trinajstić information content (AvgIpc) is 2.43. The third kappa shape index (κ3) is 7.58. The van der Waals surface area contributed by atoms with Crippen molar-refractivity contribution >= 4 is 5.91 Å². The highest BCUT2D eigenvalue weighted by Crippen LogP contribution is 2.15. The van der Waals surface area contributed by atoms with Crippen molar-refractivity contribution in [3.63, 3.8) is 0 Å². The molecule has 1 heterocycles. The van der Waals surface area contributed by atoms with Crippen LogP contribution < -0.4 is 5.32 Å². The summed E-state index contributed by atoms with van der Waals surface area (Å²) in [4.78, 5) is 20.3. The first-order chi connectivity index (χ1) is 9.99. The van der Waals surface area contributed by atoms with Crippen LogP contribution in [0.4, 0.5) is 0 Å². The lowest BCUT2D eigenvalue weighted by molar-refractivity contribution is -0.117. The summed E-state index contributed by atoms with van der Waals surface area (Å²) >= 11 is 0. The molecule has 0 spiro atoms. The normalized spacial score (nSPS) is 13.0. The average molecular weight is 290 g/mol. The molecule has 21 heavy (non-hydrogen) atoms. The molecule has 1 atom stereocenters. The van der Waals surface area contributed by atoms with Gasteiger partial charge in [0, 0.05) is 25.0 Å². The van der Waals surface area contributed by atoms with Crippen molar-refractivity contribution in [3.05, 3.63) is 42.2 Å². The van der Waals surface area contributed by atoms with Crippen molar-refractivity contribution in [3.8, 4) is 0 Å². The molecule has 0 aliphatic carbocycles. The van der Waals surface area contributed by atoms with Gasteiger partial charge in [-0.15, -0.1) is 0 Å². The van der Waals surface area contributed by atoms with Crippen molar-refractivity contribution in [2.75, 3.05) is 41.3 Å². The molecule has 0 aliphatic rings. The van der Waals surface area contributed by atoms with Crippen LogP contribution in [0.2, 0.25) is 0 Å². The van der Waals surface area contributed by atoms with Crippen molar-refractivity contribution in [1.29, 1.82) is 0 Å².